The van der Waals surface area contributed by atoms with Gasteiger partial charge in [0.05, 0.1) is 109 Å². The highest BCUT2D eigenvalue weighted by molar-refractivity contribution is 5.62. The molecule has 0 bridgehead atoms. The molecule has 9 aliphatic rings. The van der Waals surface area contributed by atoms with Gasteiger partial charge in [0.2, 0.25) is 0 Å². The van der Waals surface area contributed by atoms with E-state index >= 15 is 206 Å². The lowest BCUT2D eigenvalue weighted by Crippen LogP contribution is -2.83. The molecule has 1 aliphatic heterocycles. The first-order valence-electron chi connectivity index (χ1n) is 34.8. The van der Waals surface area contributed by atoms with Crippen molar-refractivity contribution in [1.29, 1.82) is 0 Å². The van der Waals surface area contributed by atoms with Gasteiger partial charge in [-0.15, -0.1) is 0 Å². The molecule has 1 saturated heterocycles. The van der Waals surface area contributed by atoms with Crippen LogP contribution in [0.25, 0.3) is 0 Å². The van der Waals surface area contributed by atoms with Crippen LogP contribution in [0.15, 0.2) is 0 Å². The fourth-order valence-corrected chi connectivity index (χ4v) is 17.6. The lowest BCUT2D eigenvalue weighted by molar-refractivity contribution is -0.429. The van der Waals surface area contributed by atoms with Crippen molar-refractivity contribution in [2.75, 3.05) is 62.3 Å². The van der Waals surface area contributed by atoms with Crippen molar-refractivity contribution in [3.8, 4) is 0 Å². The van der Waals surface area contributed by atoms with Gasteiger partial charge in [-0.2, -0.15) is 211 Å². The molecule has 8 aliphatic carbocycles. The molecule has 4 aromatic rings. The molecule has 13 rings (SSSR count). The number of rotatable bonds is 6. The third-order valence-electron chi connectivity index (χ3n) is 24.5. The summed E-state index contributed by atoms with van der Waals surface area (Å²) in [6.45, 7) is -12.3. The van der Waals surface area contributed by atoms with Gasteiger partial charge in [-0.05, 0) is 42.3 Å². The molecule has 4 aromatic carbocycles. The van der Waals surface area contributed by atoms with Crippen LogP contribution in [0.3, 0.4) is 0 Å². The van der Waals surface area contributed by atoms with Crippen LogP contribution in [0.5, 0.6) is 0 Å². The Labute approximate surface area is 716 Å². The van der Waals surface area contributed by atoms with Crippen molar-refractivity contribution in [2.24, 2.45) is 11.5 Å². The monoisotopic (exact) mass is 2150 g/mol. The summed E-state index contributed by atoms with van der Waals surface area (Å²) in [6.07, 6.45) is 0. The number of alkyl halides is 55. The molecule has 0 radical (unpaired) electrons. The van der Waals surface area contributed by atoms with Crippen LogP contribution in [0.4, 0.5) is 277 Å². The number of hydrogen-bond acceptors (Lipinski definition) is 9. The third kappa shape index (κ3) is 10.6. The summed E-state index contributed by atoms with van der Waals surface area (Å²) in [6, 6.07) is -6.96. The van der Waals surface area contributed by atoms with Crippen molar-refractivity contribution in [2.45, 2.75) is 189 Å². The molecule has 784 valence electrons. The normalized spacial score (nSPS) is 34.2. The van der Waals surface area contributed by atoms with Gasteiger partial charge in [0, 0.05) is 1.43 Å². The van der Waals surface area contributed by atoms with Gasteiger partial charge in [0.25, 0.3) is 17.5 Å². The first-order valence-corrected chi connectivity index (χ1v) is 34.8. The summed E-state index contributed by atoms with van der Waals surface area (Å²) in [7, 11) is -3.10. The number of nitrogens with zero attached hydrogens (tertiary/aromatic N) is 6. The Morgan fingerprint density at radius 2 is 0.384 bits per heavy atom. The van der Waals surface area contributed by atoms with Crippen LogP contribution >= 0.6 is 0 Å². The molecule has 72 heteroatoms. The molecule has 0 spiro atoms. The van der Waals surface area contributed by atoms with Gasteiger partial charge in [0.15, 0.2) is 6.04 Å². The Morgan fingerprint density at radius 1 is 0.225 bits per heavy atom. The summed E-state index contributed by atoms with van der Waals surface area (Å²) in [5.41, 5.74) is -65.8. The van der Waals surface area contributed by atoms with Crippen molar-refractivity contribution < 1.29 is 283 Å². The molecule has 138 heavy (non-hydrogen) atoms. The van der Waals surface area contributed by atoms with Crippen LogP contribution < -0.4 is 11.5 Å². The molecular formula is C66H33F63N8O. The molecule has 9 nitrogen and oxygen atoms in total. The van der Waals surface area contributed by atoms with Gasteiger partial charge >= 0.3 is 165 Å². The molecule has 1 heterocycles. The predicted octanol–water partition coefficient (Wildman–Crippen LogP) is 22.0. The Kier molecular flexibility index (Phi) is 22.4. The quantitative estimate of drug-likeness (QED) is 0.145. The van der Waals surface area contributed by atoms with E-state index in [1.54, 1.807) is 0 Å². The maximum atomic E-state index is 18.3. The number of halogens is 63. The second-order valence-electron chi connectivity index (χ2n) is 32.1. The van der Waals surface area contributed by atoms with E-state index in [0.29, 0.717) is 0 Å². The van der Waals surface area contributed by atoms with Crippen molar-refractivity contribution in [3.05, 3.63) is 136 Å². The first-order chi connectivity index (χ1) is 60.5. The number of carbonyl (C=O) groups excluding carboxylic acids is 1. The summed E-state index contributed by atoms with van der Waals surface area (Å²) in [5, 5.41) is 0. The second kappa shape index (κ2) is 28.1. The molecule has 0 amide bonds. The highest BCUT2D eigenvalue weighted by Crippen LogP contribution is 2.79. The fraction of sp³-hybridized carbons (Fsp3) is 0.621. The minimum absolute atomic E-state index is 0. The third-order valence-corrected chi connectivity index (χ3v) is 24.5. The maximum absolute atomic E-state index is 18.3. The largest absolute Gasteiger partial charge is 0.367 e. The highest BCUT2D eigenvalue weighted by atomic mass is 19.4. The minimum Gasteiger partial charge on any atom is -0.307 e. The van der Waals surface area contributed by atoms with Gasteiger partial charge in [-0.1, -0.05) is 0 Å². The van der Waals surface area contributed by atoms with Gasteiger partial charge < -0.3 is 4.79 Å². The Bertz CT molecular complexity index is 5490. The average Bonchev–Trinajstić information content (AvgIpc) is 0.609. The molecule has 0 aromatic heterocycles. The SMILES string of the molecule is C=O.CN(C)C1(F)C(F)(F)c2c(F)c3c(c(F)c2C(F)(F)C1(F)F)C(F)(F)C(N1CN(C2(F)C(F)(F)c4c(F)c5c(c(F)c4C(F)(F)C2(F)F)C(F)(F)C(F)(N(C)C)C(F)(F)C5(F)F)CN(C2(F)C(F)(F)c4c(F)c5c(c(F)c4C(F)(F)C2(F)F)C(F)(F)C(F)(N(C)C)C(F)(F)C5(F)F)C1)C(F)(F)C3(F)F.NC1(F)C(F)(F)c2c(F)c3c(c(F)c2C(F)(F)C1(F)F)C(F)(F)C(N)(F)C(F)(F)C3(F)F.[2HH]. The minimum atomic E-state index is -9.01. The van der Waals surface area contributed by atoms with Gasteiger partial charge in [-0.3, -0.25) is 31.1 Å². The van der Waals surface area contributed by atoms with Crippen LogP contribution in [-0.2, 0) is 99.6 Å². The van der Waals surface area contributed by atoms with Crippen LogP contribution in [-0.4, -0.2) is 192 Å². The molecule has 1 fully saturated rings. The first kappa shape index (κ1) is 110. The van der Waals surface area contributed by atoms with E-state index < -0.39 is 416 Å². The van der Waals surface area contributed by atoms with E-state index in [2.05, 4.69) is 11.5 Å². The van der Waals surface area contributed by atoms with E-state index in [4.69, 9.17) is 4.79 Å². The lowest BCUT2D eigenvalue weighted by Gasteiger charge is -2.60. The zero-order valence-electron chi connectivity index (χ0n) is 65.0. The topological polar surface area (TPSA) is 88.6 Å². The van der Waals surface area contributed by atoms with Crippen LogP contribution in [0.2, 0.25) is 0 Å². The average molecular weight is 2150 g/mol. The summed E-state index contributed by atoms with van der Waals surface area (Å²) in [5.74, 6) is -275. The number of hydrogen-bond donors (Lipinski definition) is 2. The number of benzene rings is 4. The van der Waals surface area contributed by atoms with Gasteiger partial charge in [-0.25, -0.2) is 75.7 Å². The zero-order valence-corrected chi connectivity index (χ0v) is 65.0. The Hall–Kier alpha value is -8.18. The number of nitrogens with two attached hydrogens (primary N) is 2. The molecule has 8 atom stereocenters. The maximum Gasteiger partial charge on any atom is 0.367 e. The number of likely N-dealkylation sites (N-methyl/N-ethyl adjacent to an activating group) is 3. The Morgan fingerprint density at radius 3 is 0.587 bits per heavy atom. The smallest absolute Gasteiger partial charge is 0.307 e. The van der Waals surface area contributed by atoms with Crippen LogP contribution in [0.1, 0.15) is 90.4 Å². The highest BCUT2D eigenvalue weighted by Gasteiger charge is 2.97. The molecule has 4 N–H and O–H groups in total. The van der Waals surface area contributed by atoms with Crippen molar-refractivity contribution in [1.82, 2.24) is 29.4 Å². The van der Waals surface area contributed by atoms with Crippen molar-refractivity contribution >= 4 is 6.79 Å². The summed E-state index contributed by atoms with van der Waals surface area (Å²) < 4.78 is 1000. The fourth-order valence-electron chi connectivity index (χ4n) is 17.6. The zero-order chi connectivity index (χ0) is 109. The van der Waals surface area contributed by atoms with E-state index in [-0.39, 0.29) is 1.43 Å². The summed E-state index contributed by atoms with van der Waals surface area (Å²) in [4.78, 5) is -6.33. The van der Waals surface area contributed by atoms with E-state index in [1.165, 1.54) is 0 Å². The lowest BCUT2D eigenvalue weighted by atomic mass is 9.69. The van der Waals surface area contributed by atoms with Crippen LogP contribution in [0, 0.1) is 46.5 Å². The molecule has 8 unspecified atom stereocenters. The summed E-state index contributed by atoms with van der Waals surface area (Å²) >= 11 is 0. The Balaban J connectivity index is 0.000000478. The van der Waals surface area contributed by atoms with Gasteiger partial charge in [0.1, 0.15) is 53.3 Å². The number of carbonyl (C=O) groups is 1. The molecule has 0 saturated carbocycles. The van der Waals surface area contributed by atoms with E-state index in [0.717, 1.165) is 0 Å². The molecular weight excluding hydrogens is 2120 g/mol. The predicted molar refractivity (Wildman–Crippen MR) is 317 cm³/mol. The number of fused-ring (bicyclic) bond motifs is 8. The standard InChI is InChI=1S/C51H25F47N6.C14H4F16N2.CH2O.H2/c1-99(2)47(94)36(72,73)17-12(31(62,63)42(47,84)85)22(52)10-11(23(17)53)30(60,61)41(82,83)28(29(10,58)59)102-7-103(50(97)39(78,79)20-15(34(68,69)45(50,90)91)24(54)18-13(26(20)56)32(64,65)43(86,87)48(95,100(3)4)37(18,74)75)9-104(8-102)51(98)40(80,81)21-16(35(70,71)46(51,92)93)25(55)19-14(27(21)57)33(66,67)44(88,89)49(96,101(5)6)38(19,76)77;15-5-1-3(9(21,22)13(29,31)11(25,26)7(1,17)18)6(16)2-4(5)10(23,24)14(30,32)12(27,28)8(2,19)20;1-2;/h28H,7-9H2,1-6H3;31-32H2;1H2;1H/i;;;1+1. The van der Waals surface area contributed by atoms with Crippen molar-refractivity contribution in [3.63, 3.8) is 0 Å². The van der Waals surface area contributed by atoms with E-state index in [9.17, 15) is 70.2 Å². The van der Waals surface area contributed by atoms with E-state index in [1.807, 2.05) is 6.79 Å². The second-order valence-corrected chi connectivity index (χ2v) is 32.1.